The first-order chi connectivity index (χ1) is 6.27. The molecule has 7 heteroatoms. The minimum absolute atomic E-state index is 0. The molecule has 0 bridgehead atoms. The molecule has 0 radical (unpaired) electrons. The van der Waals surface area contributed by atoms with Crippen LogP contribution in [0.15, 0.2) is 23.2 Å². The molecule has 14 heavy (non-hydrogen) atoms. The van der Waals surface area contributed by atoms with Crippen molar-refractivity contribution in [2.45, 2.75) is 0 Å². The lowest BCUT2D eigenvalue weighted by atomic mass is 10.3. The number of nitrogens with two attached hydrogens (primary N) is 2. The average Bonchev–Trinajstić information content (AvgIpc) is 2.51. The van der Waals surface area contributed by atoms with Gasteiger partial charge in [0.15, 0.2) is 5.96 Å². The number of aliphatic imine (C=N–C) groups is 1. The summed E-state index contributed by atoms with van der Waals surface area (Å²) in [5.74, 6) is 0.0282. The van der Waals surface area contributed by atoms with Gasteiger partial charge in [-0.2, -0.15) is 8.75 Å². The van der Waals surface area contributed by atoms with Crippen molar-refractivity contribution in [3.05, 3.63) is 18.2 Å². The molecule has 4 N–H and O–H groups in total. The summed E-state index contributed by atoms with van der Waals surface area (Å²) in [6.07, 6.45) is 0. The second kappa shape index (κ2) is 4.21. The van der Waals surface area contributed by atoms with Crippen molar-refractivity contribution in [2.75, 3.05) is 0 Å². The fraction of sp³-hybridized carbons (Fsp3) is 0. The first-order valence-electron chi connectivity index (χ1n) is 3.58. The van der Waals surface area contributed by atoms with E-state index in [1.807, 2.05) is 12.1 Å². The third-order valence-corrected chi connectivity index (χ3v) is 2.06. The third kappa shape index (κ3) is 1.91. The molecule has 0 fully saturated rings. The zero-order valence-electron chi connectivity index (χ0n) is 7.04. The van der Waals surface area contributed by atoms with Gasteiger partial charge in [0.2, 0.25) is 0 Å². The van der Waals surface area contributed by atoms with Crippen molar-refractivity contribution in [1.29, 1.82) is 0 Å². The molecular weight excluding hydrogens is 222 g/mol. The van der Waals surface area contributed by atoms with Crippen molar-refractivity contribution in [3.8, 4) is 0 Å². The van der Waals surface area contributed by atoms with Crippen molar-refractivity contribution in [1.82, 2.24) is 8.75 Å². The molecule has 0 aliphatic heterocycles. The molecule has 2 rings (SSSR count). The number of hydrogen-bond donors (Lipinski definition) is 2. The first-order valence-corrected chi connectivity index (χ1v) is 4.31. The Morgan fingerprint density at radius 2 is 2.07 bits per heavy atom. The Kier molecular flexibility index (Phi) is 3.21. The quantitative estimate of drug-likeness (QED) is 0.564. The number of rotatable bonds is 1. The number of halogens is 1. The Bertz CT molecular complexity index is 462. The maximum atomic E-state index is 5.27. The van der Waals surface area contributed by atoms with Gasteiger partial charge in [0.05, 0.1) is 17.4 Å². The van der Waals surface area contributed by atoms with Gasteiger partial charge in [0.25, 0.3) is 0 Å². The maximum Gasteiger partial charge on any atom is 0.191 e. The zero-order valence-corrected chi connectivity index (χ0v) is 8.68. The van der Waals surface area contributed by atoms with Gasteiger partial charge in [0, 0.05) is 0 Å². The van der Waals surface area contributed by atoms with Crippen LogP contribution in [-0.4, -0.2) is 14.7 Å². The molecule has 0 atom stereocenters. The second-order valence-corrected chi connectivity index (χ2v) is 2.97. The molecule has 5 nitrogen and oxygen atoms in total. The SMILES string of the molecule is Cl.NC(N)=Nc1cccc2nsnc12. The summed E-state index contributed by atoms with van der Waals surface area (Å²) in [5.41, 5.74) is 12.7. The van der Waals surface area contributed by atoms with E-state index in [9.17, 15) is 0 Å². The van der Waals surface area contributed by atoms with Crippen LogP contribution < -0.4 is 11.5 Å². The highest BCUT2D eigenvalue weighted by Crippen LogP contribution is 2.23. The highest BCUT2D eigenvalue weighted by Gasteiger charge is 2.02. The van der Waals surface area contributed by atoms with Crippen LogP contribution in [0.1, 0.15) is 0 Å². The van der Waals surface area contributed by atoms with E-state index in [0.29, 0.717) is 5.69 Å². The molecule has 0 unspecified atom stereocenters. The fourth-order valence-corrected chi connectivity index (χ4v) is 1.57. The molecule has 0 amide bonds. The maximum absolute atomic E-state index is 5.27. The molecule has 74 valence electrons. The summed E-state index contributed by atoms with van der Waals surface area (Å²) in [5, 5.41) is 0. The minimum Gasteiger partial charge on any atom is -0.370 e. The van der Waals surface area contributed by atoms with E-state index in [2.05, 4.69) is 13.7 Å². The summed E-state index contributed by atoms with van der Waals surface area (Å²) < 4.78 is 8.15. The van der Waals surface area contributed by atoms with Gasteiger partial charge in [-0.1, -0.05) is 6.07 Å². The van der Waals surface area contributed by atoms with Gasteiger partial charge in [-0.15, -0.1) is 12.4 Å². The van der Waals surface area contributed by atoms with Crippen LogP contribution in [0.25, 0.3) is 11.0 Å². The molecule has 1 heterocycles. The first kappa shape index (κ1) is 10.7. The Hall–Kier alpha value is -1.40. The van der Waals surface area contributed by atoms with Crippen LogP contribution in [0.2, 0.25) is 0 Å². The Morgan fingerprint density at radius 1 is 1.29 bits per heavy atom. The van der Waals surface area contributed by atoms with Crippen LogP contribution in [0.4, 0.5) is 5.69 Å². The molecule has 0 saturated carbocycles. The molecule has 2 aromatic rings. The van der Waals surface area contributed by atoms with Crippen LogP contribution in [-0.2, 0) is 0 Å². The van der Waals surface area contributed by atoms with Gasteiger partial charge in [0.1, 0.15) is 11.0 Å². The number of fused-ring (bicyclic) bond motifs is 1. The molecular formula is C7H8ClN5S. The predicted molar refractivity (Wildman–Crippen MR) is 60.1 cm³/mol. The molecule has 0 saturated heterocycles. The van der Waals surface area contributed by atoms with E-state index in [1.54, 1.807) is 6.07 Å². The summed E-state index contributed by atoms with van der Waals surface area (Å²) in [6, 6.07) is 5.50. The smallest absolute Gasteiger partial charge is 0.191 e. The van der Waals surface area contributed by atoms with Crippen molar-refractivity contribution in [3.63, 3.8) is 0 Å². The molecule has 0 spiro atoms. The Balaban J connectivity index is 0.000000980. The third-order valence-electron chi connectivity index (χ3n) is 1.51. The minimum atomic E-state index is 0. The van der Waals surface area contributed by atoms with Gasteiger partial charge < -0.3 is 11.5 Å². The highest BCUT2D eigenvalue weighted by atomic mass is 35.5. The fourth-order valence-electron chi connectivity index (χ4n) is 1.02. The van der Waals surface area contributed by atoms with E-state index >= 15 is 0 Å². The molecule has 1 aromatic carbocycles. The normalized spacial score (nSPS) is 9.43. The summed E-state index contributed by atoms with van der Waals surface area (Å²) in [7, 11) is 0. The predicted octanol–water partition coefficient (Wildman–Crippen LogP) is 1.02. The number of aromatic nitrogens is 2. The molecule has 0 aliphatic rings. The van der Waals surface area contributed by atoms with Crippen LogP contribution in [0.3, 0.4) is 0 Å². The second-order valence-electron chi connectivity index (χ2n) is 2.45. The number of benzene rings is 1. The van der Waals surface area contributed by atoms with E-state index in [0.717, 1.165) is 22.8 Å². The van der Waals surface area contributed by atoms with Crippen molar-refractivity contribution < 1.29 is 0 Å². The number of hydrogen-bond acceptors (Lipinski definition) is 4. The van der Waals surface area contributed by atoms with Crippen molar-refractivity contribution >= 4 is 46.8 Å². The number of nitrogens with zero attached hydrogens (tertiary/aromatic N) is 3. The molecule has 1 aromatic heterocycles. The van der Waals surface area contributed by atoms with Crippen LogP contribution in [0, 0.1) is 0 Å². The summed E-state index contributed by atoms with van der Waals surface area (Å²) >= 11 is 1.14. The van der Waals surface area contributed by atoms with Gasteiger partial charge >= 0.3 is 0 Å². The van der Waals surface area contributed by atoms with Gasteiger partial charge in [-0.3, -0.25) is 0 Å². The monoisotopic (exact) mass is 229 g/mol. The largest absolute Gasteiger partial charge is 0.370 e. The van der Waals surface area contributed by atoms with E-state index in [1.165, 1.54) is 0 Å². The Labute approximate surface area is 90.6 Å². The highest BCUT2D eigenvalue weighted by molar-refractivity contribution is 7.00. The standard InChI is InChI=1S/C7H7N5S.ClH/c8-7(9)10-4-2-1-3-5-6(4)12-13-11-5;/h1-3H,(H4,8,9,10);1H. The zero-order chi connectivity index (χ0) is 9.26. The number of guanidine groups is 1. The lowest BCUT2D eigenvalue weighted by molar-refractivity contribution is 1.43. The average molecular weight is 230 g/mol. The Morgan fingerprint density at radius 3 is 2.79 bits per heavy atom. The lowest BCUT2D eigenvalue weighted by Crippen LogP contribution is -2.21. The van der Waals surface area contributed by atoms with Crippen LogP contribution >= 0.6 is 24.1 Å². The van der Waals surface area contributed by atoms with E-state index in [-0.39, 0.29) is 18.4 Å². The topological polar surface area (TPSA) is 90.2 Å². The summed E-state index contributed by atoms with van der Waals surface area (Å²) in [4.78, 5) is 3.94. The molecule has 0 aliphatic carbocycles. The summed E-state index contributed by atoms with van der Waals surface area (Å²) in [6.45, 7) is 0. The van der Waals surface area contributed by atoms with Crippen LogP contribution in [0.5, 0.6) is 0 Å². The van der Waals surface area contributed by atoms with Gasteiger partial charge in [-0.05, 0) is 12.1 Å². The van der Waals surface area contributed by atoms with Crippen molar-refractivity contribution in [2.24, 2.45) is 16.5 Å². The van der Waals surface area contributed by atoms with Gasteiger partial charge in [-0.25, -0.2) is 4.99 Å². The van der Waals surface area contributed by atoms with E-state index in [4.69, 9.17) is 11.5 Å². The lowest BCUT2D eigenvalue weighted by Gasteiger charge is -1.94. The van der Waals surface area contributed by atoms with E-state index < -0.39 is 0 Å².